The molecule has 3 aromatic carbocycles. The molecule has 0 spiro atoms. The Morgan fingerprint density at radius 3 is 2.21 bits per heavy atom. The topological polar surface area (TPSA) is 0 Å². The second-order valence-electron chi connectivity index (χ2n) is 9.08. The molecule has 2 bridgehead atoms. The van der Waals surface area contributed by atoms with Crippen molar-refractivity contribution in [1.82, 2.24) is 0 Å². The van der Waals surface area contributed by atoms with Crippen molar-refractivity contribution in [2.75, 3.05) is 0 Å². The number of benzene rings is 3. The third-order valence-corrected chi connectivity index (χ3v) is 10.6. The summed E-state index contributed by atoms with van der Waals surface area (Å²) < 4.78 is 0.632. The first kappa shape index (κ1) is 19.5. The molecule has 4 aromatic rings. The van der Waals surface area contributed by atoms with Crippen LogP contribution >= 0.6 is 7.53 Å². The maximum absolute atomic E-state index is 2.45. The molecule has 143 valence electrons. The fourth-order valence-corrected chi connectivity index (χ4v) is 9.52. The molecule has 0 nitrogen and oxygen atoms in total. The Morgan fingerprint density at radius 2 is 1.59 bits per heavy atom. The molecule has 1 aromatic heterocycles. The van der Waals surface area contributed by atoms with Gasteiger partial charge < -0.3 is 0 Å². The molecule has 0 saturated heterocycles. The van der Waals surface area contributed by atoms with E-state index in [0.29, 0.717) is 3.63 Å². The van der Waals surface area contributed by atoms with Crippen LogP contribution < -0.4 is 4.95 Å². The van der Waals surface area contributed by atoms with Crippen LogP contribution in [-0.4, -0.2) is 0 Å². The Bertz CT molecular complexity index is 1250. The van der Waals surface area contributed by atoms with Crippen LogP contribution in [0.5, 0.6) is 0 Å². The van der Waals surface area contributed by atoms with Crippen LogP contribution in [0, 0.1) is 0 Å². The van der Waals surface area contributed by atoms with Gasteiger partial charge in [-0.25, -0.2) is 0 Å². The van der Waals surface area contributed by atoms with E-state index in [0.717, 1.165) is 0 Å². The molecule has 2 atom stereocenters. The predicted molar refractivity (Wildman–Crippen MR) is 124 cm³/mol. The van der Waals surface area contributed by atoms with Crippen LogP contribution in [-0.2, 0) is 30.1 Å². The average molecular weight is 473 g/mol. The fraction of sp³-hybridized carbons (Fsp3) is 0.259. The van der Waals surface area contributed by atoms with Crippen molar-refractivity contribution < 1.29 is 24.7 Å². The SMILES string of the molecule is CCC1=c2c3c(ccc(c3-c3ccc(C(C)(C)C)cc3)p2-c2ccccc2)[CH]1[Zr]. The van der Waals surface area contributed by atoms with E-state index in [9.17, 15) is 0 Å². The van der Waals surface area contributed by atoms with Crippen LogP contribution in [0.1, 0.15) is 48.9 Å². The van der Waals surface area contributed by atoms with Crippen molar-refractivity contribution in [3.8, 4) is 16.4 Å². The first-order valence-electron chi connectivity index (χ1n) is 10.5. The minimum absolute atomic E-state index is 0.190. The zero-order valence-electron chi connectivity index (χ0n) is 17.6. The van der Waals surface area contributed by atoms with Crippen LogP contribution in [0.25, 0.3) is 32.5 Å². The van der Waals surface area contributed by atoms with E-state index >= 15 is 0 Å². The van der Waals surface area contributed by atoms with Crippen molar-refractivity contribution in [2.45, 2.75) is 43.2 Å². The van der Waals surface area contributed by atoms with Gasteiger partial charge in [-0.15, -0.1) is 0 Å². The van der Waals surface area contributed by atoms with E-state index in [2.05, 4.69) is 94.4 Å². The van der Waals surface area contributed by atoms with Gasteiger partial charge in [-0.1, -0.05) is 0 Å². The van der Waals surface area contributed by atoms with E-state index in [1.807, 2.05) is 0 Å². The zero-order chi connectivity index (χ0) is 20.3. The predicted octanol–water partition coefficient (Wildman–Crippen LogP) is 7.66. The Kier molecular flexibility index (Phi) is 4.77. The van der Waals surface area contributed by atoms with E-state index in [-0.39, 0.29) is 5.41 Å². The fourth-order valence-electron chi connectivity index (χ4n) is 4.80. The van der Waals surface area contributed by atoms with Gasteiger partial charge in [-0.05, 0) is 0 Å². The first-order valence-corrected chi connectivity index (χ1v) is 13.3. The van der Waals surface area contributed by atoms with E-state index in [4.69, 9.17) is 0 Å². The molecule has 1 aliphatic rings. The van der Waals surface area contributed by atoms with Crippen LogP contribution in [0.4, 0.5) is 0 Å². The van der Waals surface area contributed by atoms with Gasteiger partial charge in [0.05, 0.1) is 0 Å². The Balaban J connectivity index is 1.85. The molecule has 0 saturated carbocycles. The summed E-state index contributed by atoms with van der Waals surface area (Å²) in [4.78, 5) is 1.68. The van der Waals surface area contributed by atoms with Gasteiger partial charge in [-0.3, -0.25) is 0 Å². The molecule has 29 heavy (non-hydrogen) atoms. The van der Waals surface area contributed by atoms with Gasteiger partial charge in [0, 0.05) is 0 Å². The second kappa shape index (κ2) is 7.08. The summed E-state index contributed by atoms with van der Waals surface area (Å²) in [5.41, 5.74) is 7.78. The summed E-state index contributed by atoms with van der Waals surface area (Å²) in [7, 11) is -0.438. The number of fused-ring (bicyclic) bond motifs is 1. The molecule has 0 radical (unpaired) electrons. The van der Waals surface area contributed by atoms with Crippen molar-refractivity contribution in [2.24, 2.45) is 0 Å². The van der Waals surface area contributed by atoms with Gasteiger partial charge >= 0.3 is 191 Å². The average Bonchev–Trinajstić information content (AvgIpc) is 3.11. The van der Waals surface area contributed by atoms with Crippen LogP contribution in [0.2, 0.25) is 0 Å². The summed E-state index contributed by atoms with van der Waals surface area (Å²) in [6.45, 7) is 9.22. The molecule has 0 aliphatic heterocycles. The van der Waals surface area contributed by atoms with Crippen molar-refractivity contribution >= 4 is 23.6 Å². The van der Waals surface area contributed by atoms with E-state index in [1.165, 1.54) is 28.4 Å². The van der Waals surface area contributed by atoms with Gasteiger partial charge in [0.1, 0.15) is 0 Å². The Morgan fingerprint density at radius 1 is 0.897 bits per heavy atom. The molecule has 2 heteroatoms. The molecular weight excluding hydrogens is 446 g/mol. The van der Waals surface area contributed by atoms with Crippen LogP contribution in [0.3, 0.4) is 0 Å². The quantitative estimate of drug-likeness (QED) is 0.287. The third-order valence-electron chi connectivity index (χ3n) is 6.32. The third kappa shape index (κ3) is 2.97. The maximum atomic E-state index is 2.45. The van der Waals surface area contributed by atoms with Crippen molar-refractivity contribution in [1.29, 1.82) is 0 Å². The molecule has 1 heterocycles. The summed E-state index contributed by atoms with van der Waals surface area (Å²) in [6, 6.07) is 25.5. The number of hydrogen-bond acceptors (Lipinski definition) is 0. The monoisotopic (exact) mass is 471 g/mol. The number of hydrogen-bond donors (Lipinski definition) is 0. The molecule has 5 rings (SSSR count). The van der Waals surface area contributed by atoms with Crippen molar-refractivity contribution in [3.05, 3.63) is 82.8 Å². The molecular formula is C27H26PZr. The minimum atomic E-state index is -0.438. The molecule has 0 amide bonds. The Hall–Kier alpha value is -1.42. The number of rotatable bonds is 3. The normalized spacial score (nSPS) is 16.7. The molecule has 0 fully saturated rings. The molecule has 1 aliphatic carbocycles. The molecule has 0 N–H and O–H groups in total. The van der Waals surface area contributed by atoms with Gasteiger partial charge in [-0.2, -0.15) is 0 Å². The Labute approximate surface area is 189 Å². The summed E-state index contributed by atoms with van der Waals surface area (Å²) in [6.07, 6.45) is 1.17. The summed E-state index contributed by atoms with van der Waals surface area (Å²) in [5.74, 6) is 0. The standard InChI is InChI=1S/C27H26P.Zr/c1-5-18-17-20-13-16-23-24(19-11-14-21(15-12-19)27(2,3)4)25(20)26(18)28(23)22-9-7-6-8-10-22;/h6-17H,5H2,1-4H3;. The first-order chi connectivity index (χ1) is 13.9. The summed E-state index contributed by atoms with van der Waals surface area (Å²) in [5, 5.41) is 4.63. The second-order valence-corrected chi connectivity index (χ2v) is 12.6. The van der Waals surface area contributed by atoms with Crippen molar-refractivity contribution in [3.63, 3.8) is 0 Å². The van der Waals surface area contributed by atoms with Gasteiger partial charge in [0.2, 0.25) is 0 Å². The van der Waals surface area contributed by atoms with Gasteiger partial charge in [0.15, 0.2) is 0 Å². The zero-order valence-corrected chi connectivity index (χ0v) is 20.9. The molecule has 2 unspecified atom stereocenters. The summed E-state index contributed by atoms with van der Waals surface area (Å²) >= 11 is 1.62. The van der Waals surface area contributed by atoms with E-state index in [1.54, 1.807) is 51.3 Å². The van der Waals surface area contributed by atoms with E-state index < -0.39 is 7.53 Å². The van der Waals surface area contributed by atoms with Crippen LogP contribution in [0.15, 0.2) is 66.7 Å². The van der Waals surface area contributed by atoms with Gasteiger partial charge in [0.25, 0.3) is 0 Å².